The Hall–Kier alpha value is -1.13. The van der Waals surface area contributed by atoms with E-state index in [1.165, 1.54) is 0 Å². The number of halogens is 2. The van der Waals surface area contributed by atoms with Gasteiger partial charge in [0.05, 0.1) is 11.6 Å². The van der Waals surface area contributed by atoms with Crippen LogP contribution in [0.2, 0.25) is 10.0 Å². The summed E-state index contributed by atoms with van der Waals surface area (Å²) in [7, 11) is 0. The van der Waals surface area contributed by atoms with Crippen LogP contribution >= 0.6 is 23.2 Å². The van der Waals surface area contributed by atoms with Gasteiger partial charge in [-0.05, 0) is 31.0 Å². The monoisotopic (exact) mass is 288 g/mol. The highest BCUT2D eigenvalue weighted by atomic mass is 35.5. The highest BCUT2D eigenvalue weighted by molar-refractivity contribution is 6.35. The molecule has 18 heavy (non-hydrogen) atoms. The highest BCUT2D eigenvalue weighted by Crippen LogP contribution is 2.49. The van der Waals surface area contributed by atoms with Crippen molar-refractivity contribution >= 4 is 29.0 Å². The molecule has 0 bridgehead atoms. The zero-order valence-corrected chi connectivity index (χ0v) is 11.2. The summed E-state index contributed by atoms with van der Waals surface area (Å²) in [4.78, 5) is 0. The van der Waals surface area contributed by atoms with Crippen molar-refractivity contribution in [3.63, 3.8) is 0 Å². The van der Waals surface area contributed by atoms with Crippen molar-refractivity contribution in [2.45, 2.75) is 19.3 Å². The normalized spacial score (nSPS) is 17.6. The van der Waals surface area contributed by atoms with Crippen LogP contribution in [-0.4, -0.2) is 17.6 Å². The van der Waals surface area contributed by atoms with Gasteiger partial charge in [-0.3, -0.25) is 0 Å². The molecule has 1 fully saturated rings. The molecule has 1 aliphatic carbocycles. The predicted molar refractivity (Wildman–Crippen MR) is 71.6 cm³/mol. The smallest absolute Gasteiger partial charge is 0.139 e. The molecule has 1 aromatic rings. The zero-order chi connectivity index (χ0) is 13.2. The van der Waals surface area contributed by atoms with Gasteiger partial charge >= 0.3 is 0 Å². The van der Waals surface area contributed by atoms with Gasteiger partial charge in [0.2, 0.25) is 0 Å². The third-order valence-electron chi connectivity index (χ3n) is 3.07. The molecule has 0 amide bonds. The van der Waals surface area contributed by atoms with Crippen LogP contribution in [0.5, 0.6) is 5.75 Å². The molecular weight excluding hydrogens is 275 g/mol. The van der Waals surface area contributed by atoms with Gasteiger partial charge in [0.25, 0.3) is 0 Å². The van der Waals surface area contributed by atoms with E-state index in [0.717, 1.165) is 12.8 Å². The maximum absolute atomic E-state index is 8.57. The summed E-state index contributed by atoms with van der Waals surface area (Å²) in [6.07, 6.45) is 2.55. The third-order valence-corrected chi connectivity index (χ3v) is 3.60. The van der Waals surface area contributed by atoms with Crippen molar-refractivity contribution in [1.29, 1.82) is 0 Å². The average molecular weight is 289 g/mol. The van der Waals surface area contributed by atoms with E-state index in [0.29, 0.717) is 28.8 Å². The molecule has 0 unspecified atom stereocenters. The van der Waals surface area contributed by atoms with E-state index < -0.39 is 0 Å². The fourth-order valence-electron chi connectivity index (χ4n) is 1.79. The van der Waals surface area contributed by atoms with Crippen LogP contribution in [0.15, 0.2) is 23.4 Å². The first-order chi connectivity index (χ1) is 8.54. The standard InChI is InChI=1S/C12H14Cl2N2O2/c13-8-1-2-10(9(14)5-8)18-7-12(3-4-12)6-11(15)16-17/h1-2,5,17H,3-4,6-7H2,(H2,15,16). The van der Waals surface area contributed by atoms with Crippen LogP contribution in [0.3, 0.4) is 0 Å². The zero-order valence-electron chi connectivity index (χ0n) is 9.70. The minimum Gasteiger partial charge on any atom is -0.491 e. The van der Waals surface area contributed by atoms with Crippen molar-refractivity contribution in [2.24, 2.45) is 16.3 Å². The number of oxime groups is 1. The quantitative estimate of drug-likeness (QED) is 0.378. The lowest BCUT2D eigenvalue weighted by Gasteiger charge is -2.16. The van der Waals surface area contributed by atoms with Gasteiger partial charge in [-0.15, -0.1) is 0 Å². The maximum Gasteiger partial charge on any atom is 0.139 e. The Labute approximate surface area is 115 Å². The first kappa shape index (κ1) is 13.3. The van der Waals surface area contributed by atoms with Gasteiger partial charge in [-0.2, -0.15) is 0 Å². The summed E-state index contributed by atoms with van der Waals surface area (Å²) in [5.74, 6) is 0.838. The second kappa shape index (κ2) is 5.24. The molecule has 98 valence electrons. The summed E-state index contributed by atoms with van der Waals surface area (Å²) in [6, 6.07) is 5.11. The van der Waals surface area contributed by atoms with E-state index in [9.17, 15) is 0 Å². The first-order valence-electron chi connectivity index (χ1n) is 5.59. The molecule has 0 aliphatic heterocycles. The molecule has 0 radical (unpaired) electrons. The Morgan fingerprint density at radius 3 is 2.72 bits per heavy atom. The second-order valence-corrected chi connectivity index (χ2v) is 5.48. The SMILES string of the molecule is NC(CC1(COc2ccc(Cl)cc2Cl)CC1)=NO. The van der Waals surface area contributed by atoms with Gasteiger partial charge in [-0.1, -0.05) is 28.4 Å². The fourth-order valence-corrected chi connectivity index (χ4v) is 2.25. The molecule has 2 rings (SSSR count). The van der Waals surface area contributed by atoms with Crippen molar-refractivity contribution in [1.82, 2.24) is 0 Å². The lowest BCUT2D eigenvalue weighted by Crippen LogP contribution is -2.22. The minimum atomic E-state index is -0.0146. The summed E-state index contributed by atoms with van der Waals surface area (Å²) >= 11 is 11.8. The topological polar surface area (TPSA) is 67.8 Å². The van der Waals surface area contributed by atoms with Gasteiger partial charge in [0.1, 0.15) is 11.6 Å². The average Bonchev–Trinajstić information content (AvgIpc) is 3.08. The predicted octanol–water partition coefficient (Wildman–Crippen LogP) is 3.29. The minimum absolute atomic E-state index is 0.0146. The molecule has 0 heterocycles. The Morgan fingerprint density at radius 2 is 2.17 bits per heavy atom. The number of nitrogens with zero attached hydrogens (tertiary/aromatic N) is 1. The molecule has 6 heteroatoms. The van der Waals surface area contributed by atoms with Crippen LogP contribution in [0.1, 0.15) is 19.3 Å². The van der Waals surface area contributed by atoms with Crippen LogP contribution in [0, 0.1) is 5.41 Å². The molecular formula is C12H14Cl2N2O2. The number of ether oxygens (including phenoxy) is 1. The molecule has 0 atom stereocenters. The number of rotatable bonds is 5. The van der Waals surface area contributed by atoms with E-state index in [-0.39, 0.29) is 11.3 Å². The Morgan fingerprint density at radius 1 is 1.44 bits per heavy atom. The molecule has 1 saturated carbocycles. The van der Waals surface area contributed by atoms with Crippen LogP contribution in [0.25, 0.3) is 0 Å². The van der Waals surface area contributed by atoms with Gasteiger partial charge in [-0.25, -0.2) is 0 Å². The number of hydrogen-bond donors (Lipinski definition) is 2. The van der Waals surface area contributed by atoms with E-state index >= 15 is 0 Å². The van der Waals surface area contributed by atoms with Crippen LogP contribution < -0.4 is 10.5 Å². The molecule has 1 aromatic carbocycles. The molecule has 3 N–H and O–H groups in total. The van der Waals surface area contributed by atoms with E-state index in [4.69, 9.17) is 38.9 Å². The number of amidine groups is 1. The number of hydrogen-bond acceptors (Lipinski definition) is 3. The number of benzene rings is 1. The third kappa shape index (κ3) is 3.21. The van der Waals surface area contributed by atoms with Gasteiger partial charge < -0.3 is 15.7 Å². The fraction of sp³-hybridized carbons (Fsp3) is 0.417. The molecule has 0 aromatic heterocycles. The van der Waals surface area contributed by atoms with Gasteiger partial charge in [0.15, 0.2) is 0 Å². The Bertz CT molecular complexity index is 473. The van der Waals surface area contributed by atoms with Crippen molar-refractivity contribution in [3.8, 4) is 5.75 Å². The van der Waals surface area contributed by atoms with Crippen LogP contribution in [0.4, 0.5) is 0 Å². The number of nitrogens with two attached hydrogens (primary N) is 1. The summed E-state index contributed by atoms with van der Waals surface area (Å²) in [5.41, 5.74) is 5.50. The van der Waals surface area contributed by atoms with E-state index in [1.54, 1.807) is 18.2 Å². The molecule has 0 saturated heterocycles. The maximum atomic E-state index is 8.57. The van der Waals surface area contributed by atoms with Gasteiger partial charge in [0, 0.05) is 16.9 Å². The molecule has 1 aliphatic rings. The van der Waals surface area contributed by atoms with Crippen molar-refractivity contribution in [2.75, 3.05) is 6.61 Å². The van der Waals surface area contributed by atoms with Crippen molar-refractivity contribution in [3.05, 3.63) is 28.2 Å². The van der Waals surface area contributed by atoms with Crippen molar-refractivity contribution < 1.29 is 9.94 Å². The highest BCUT2D eigenvalue weighted by Gasteiger charge is 2.44. The molecule has 0 spiro atoms. The summed E-state index contributed by atoms with van der Waals surface area (Å²) in [5, 5.41) is 12.6. The lowest BCUT2D eigenvalue weighted by atomic mass is 10.0. The second-order valence-electron chi connectivity index (χ2n) is 4.63. The van der Waals surface area contributed by atoms with Crippen LogP contribution in [-0.2, 0) is 0 Å². The summed E-state index contributed by atoms with van der Waals surface area (Å²) in [6.45, 7) is 0.505. The Balaban J connectivity index is 1.95. The largest absolute Gasteiger partial charge is 0.491 e. The molecule has 4 nitrogen and oxygen atoms in total. The summed E-state index contributed by atoms with van der Waals surface area (Å²) < 4.78 is 5.68. The Kier molecular flexibility index (Phi) is 3.88. The van der Waals surface area contributed by atoms with E-state index in [1.807, 2.05) is 0 Å². The van der Waals surface area contributed by atoms with E-state index in [2.05, 4.69) is 5.16 Å². The lowest BCUT2D eigenvalue weighted by molar-refractivity contribution is 0.236. The first-order valence-corrected chi connectivity index (χ1v) is 6.34.